The van der Waals surface area contributed by atoms with E-state index in [1.807, 2.05) is 12.1 Å². The topological polar surface area (TPSA) is 77.1 Å². The number of benzene rings is 2. The monoisotopic (exact) mass is 446 g/mol. The van der Waals surface area contributed by atoms with Gasteiger partial charge >= 0.3 is 0 Å². The number of rotatable bonds is 4. The Kier molecular flexibility index (Phi) is 5.13. The van der Waals surface area contributed by atoms with Gasteiger partial charge in [0.25, 0.3) is 0 Å². The molecule has 28 heavy (non-hydrogen) atoms. The Morgan fingerprint density at radius 2 is 1.96 bits per heavy atom. The lowest BCUT2D eigenvalue weighted by Crippen LogP contribution is -2.28. The van der Waals surface area contributed by atoms with Crippen molar-refractivity contribution in [2.24, 2.45) is 5.92 Å². The molecule has 2 aromatic rings. The zero-order valence-corrected chi connectivity index (χ0v) is 16.8. The van der Waals surface area contributed by atoms with E-state index in [9.17, 15) is 9.59 Å². The summed E-state index contributed by atoms with van der Waals surface area (Å²) in [7, 11) is 1.54. The van der Waals surface area contributed by atoms with Crippen LogP contribution in [-0.2, 0) is 9.59 Å². The zero-order valence-electron chi connectivity index (χ0n) is 15.2. The van der Waals surface area contributed by atoms with Crippen LogP contribution in [0.1, 0.15) is 6.42 Å². The molecule has 7 nitrogen and oxygen atoms in total. The summed E-state index contributed by atoms with van der Waals surface area (Å²) in [6.07, 6.45) is 0.149. The molecule has 4 rings (SSSR count). The van der Waals surface area contributed by atoms with Gasteiger partial charge in [-0.05, 0) is 30.3 Å². The van der Waals surface area contributed by atoms with E-state index in [1.54, 1.807) is 36.3 Å². The van der Waals surface area contributed by atoms with Gasteiger partial charge in [-0.25, -0.2) is 0 Å². The maximum Gasteiger partial charge on any atom is 0.229 e. The Hall–Kier alpha value is -2.74. The first-order chi connectivity index (χ1) is 13.5. The number of amides is 2. The number of carbonyl (C=O) groups excluding carboxylic acids is 2. The first-order valence-corrected chi connectivity index (χ1v) is 9.69. The maximum absolute atomic E-state index is 12.7. The van der Waals surface area contributed by atoms with E-state index in [0.717, 1.165) is 4.47 Å². The predicted octanol–water partition coefficient (Wildman–Crippen LogP) is 3.22. The number of anilines is 2. The van der Waals surface area contributed by atoms with Gasteiger partial charge in [0.05, 0.1) is 18.7 Å². The molecular formula is C20H19BrN2O5. The van der Waals surface area contributed by atoms with Crippen LogP contribution in [0.15, 0.2) is 40.9 Å². The van der Waals surface area contributed by atoms with E-state index in [0.29, 0.717) is 48.4 Å². The second kappa shape index (κ2) is 7.71. The molecule has 1 N–H and O–H groups in total. The minimum Gasteiger partial charge on any atom is -0.495 e. The molecule has 1 atom stereocenters. The minimum absolute atomic E-state index is 0.0990. The van der Waals surface area contributed by atoms with Gasteiger partial charge in [0.1, 0.15) is 19.0 Å². The smallest absolute Gasteiger partial charge is 0.229 e. The van der Waals surface area contributed by atoms with Gasteiger partial charge in [0.2, 0.25) is 11.8 Å². The molecule has 2 amide bonds. The van der Waals surface area contributed by atoms with Gasteiger partial charge in [0, 0.05) is 29.2 Å². The molecule has 146 valence electrons. The molecule has 2 aromatic carbocycles. The Labute approximate surface area is 170 Å². The molecule has 0 spiro atoms. The van der Waals surface area contributed by atoms with E-state index >= 15 is 0 Å². The van der Waals surface area contributed by atoms with Crippen molar-refractivity contribution in [3.8, 4) is 17.2 Å². The summed E-state index contributed by atoms with van der Waals surface area (Å²) in [4.78, 5) is 26.9. The van der Waals surface area contributed by atoms with Crippen LogP contribution in [0.5, 0.6) is 17.2 Å². The predicted molar refractivity (Wildman–Crippen MR) is 107 cm³/mol. The standard InChI is InChI=1S/C20H19BrN2O5/c1-26-16-4-2-13(21)9-15(16)22-20(25)12-8-19(24)23(11-12)14-3-5-17-18(10-14)28-7-6-27-17/h2-5,9-10,12H,6-8,11H2,1H3,(H,22,25). The summed E-state index contributed by atoms with van der Waals surface area (Å²) in [5, 5.41) is 2.87. The van der Waals surface area contributed by atoms with Crippen LogP contribution in [0.4, 0.5) is 11.4 Å². The number of nitrogens with zero attached hydrogens (tertiary/aromatic N) is 1. The first kappa shape index (κ1) is 18.6. The maximum atomic E-state index is 12.7. The van der Waals surface area contributed by atoms with Crippen molar-refractivity contribution in [1.29, 1.82) is 0 Å². The summed E-state index contributed by atoms with van der Waals surface area (Å²) >= 11 is 3.39. The van der Waals surface area contributed by atoms with Gasteiger partial charge in [0.15, 0.2) is 11.5 Å². The quantitative estimate of drug-likeness (QED) is 0.779. The number of halogens is 1. The van der Waals surface area contributed by atoms with Gasteiger partial charge in [-0.1, -0.05) is 15.9 Å². The second-order valence-electron chi connectivity index (χ2n) is 6.57. The number of carbonyl (C=O) groups is 2. The highest BCUT2D eigenvalue weighted by molar-refractivity contribution is 9.10. The Balaban J connectivity index is 1.49. The number of ether oxygens (including phenoxy) is 3. The number of hydrogen-bond donors (Lipinski definition) is 1. The highest BCUT2D eigenvalue weighted by Crippen LogP contribution is 2.36. The van der Waals surface area contributed by atoms with E-state index in [2.05, 4.69) is 21.2 Å². The van der Waals surface area contributed by atoms with E-state index < -0.39 is 5.92 Å². The normalized spacial score (nSPS) is 18.1. The van der Waals surface area contributed by atoms with Crippen molar-refractivity contribution in [2.45, 2.75) is 6.42 Å². The average molecular weight is 447 g/mol. The molecule has 0 saturated carbocycles. The fraction of sp³-hybridized carbons (Fsp3) is 0.300. The van der Waals surface area contributed by atoms with Gasteiger partial charge in [-0.15, -0.1) is 0 Å². The third-order valence-corrected chi connectivity index (χ3v) is 5.25. The van der Waals surface area contributed by atoms with Crippen LogP contribution in [0.2, 0.25) is 0 Å². The van der Waals surface area contributed by atoms with Crippen LogP contribution >= 0.6 is 15.9 Å². The first-order valence-electron chi connectivity index (χ1n) is 8.89. The van der Waals surface area contributed by atoms with Crippen LogP contribution in [0.25, 0.3) is 0 Å². The van der Waals surface area contributed by atoms with Crippen molar-refractivity contribution in [2.75, 3.05) is 37.1 Å². The second-order valence-corrected chi connectivity index (χ2v) is 7.48. The SMILES string of the molecule is COc1ccc(Br)cc1NC(=O)C1CC(=O)N(c2ccc3c(c2)OCCO3)C1. The fourth-order valence-electron chi connectivity index (χ4n) is 3.35. The highest BCUT2D eigenvalue weighted by Gasteiger charge is 2.36. The molecule has 0 bridgehead atoms. The Morgan fingerprint density at radius 1 is 1.18 bits per heavy atom. The number of methoxy groups -OCH3 is 1. The van der Waals surface area contributed by atoms with E-state index in [4.69, 9.17) is 14.2 Å². The summed E-state index contributed by atoms with van der Waals surface area (Å²) in [6, 6.07) is 10.7. The van der Waals surface area contributed by atoms with E-state index in [-0.39, 0.29) is 18.2 Å². The summed E-state index contributed by atoms with van der Waals surface area (Å²) in [5.74, 6) is 1.07. The summed E-state index contributed by atoms with van der Waals surface area (Å²) < 4.78 is 17.2. The molecule has 2 heterocycles. The number of nitrogens with one attached hydrogen (secondary N) is 1. The molecule has 2 aliphatic rings. The fourth-order valence-corrected chi connectivity index (χ4v) is 3.71. The molecule has 0 radical (unpaired) electrons. The number of fused-ring (bicyclic) bond motifs is 1. The number of hydrogen-bond acceptors (Lipinski definition) is 5. The average Bonchev–Trinajstić information content (AvgIpc) is 3.09. The Morgan fingerprint density at radius 3 is 2.75 bits per heavy atom. The van der Waals surface area contributed by atoms with Crippen LogP contribution in [0.3, 0.4) is 0 Å². The van der Waals surface area contributed by atoms with Crippen LogP contribution in [0, 0.1) is 5.92 Å². The summed E-state index contributed by atoms with van der Waals surface area (Å²) in [5.41, 5.74) is 1.26. The van der Waals surface area contributed by atoms with Crippen molar-refractivity contribution >= 4 is 39.1 Å². The van der Waals surface area contributed by atoms with Crippen LogP contribution < -0.4 is 24.4 Å². The van der Waals surface area contributed by atoms with Crippen molar-refractivity contribution in [3.63, 3.8) is 0 Å². The molecule has 1 fully saturated rings. The molecule has 0 aromatic heterocycles. The van der Waals surface area contributed by atoms with Crippen molar-refractivity contribution in [1.82, 2.24) is 0 Å². The van der Waals surface area contributed by atoms with Crippen LogP contribution in [-0.4, -0.2) is 38.7 Å². The van der Waals surface area contributed by atoms with Gasteiger partial charge < -0.3 is 24.4 Å². The molecule has 1 unspecified atom stereocenters. The largest absolute Gasteiger partial charge is 0.495 e. The molecule has 0 aliphatic carbocycles. The molecule has 1 saturated heterocycles. The lowest BCUT2D eigenvalue weighted by Gasteiger charge is -2.22. The van der Waals surface area contributed by atoms with Crippen molar-refractivity contribution < 1.29 is 23.8 Å². The minimum atomic E-state index is -0.454. The third kappa shape index (κ3) is 3.64. The molecular weight excluding hydrogens is 428 g/mol. The van der Waals surface area contributed by atoms with Gasteiger partial charge in [-0.2, -0.15) is 0 Å². The van der Waals surface area contributed by atoms with E-state index in [1.165, 1.54) is 0 Å². The lowest BCUT2D eigenvalue weighted by atomic mass is 10.1. The third-order valence-electron chi connectivity index (χ3n) is 4.75. The highest BCUT2D eigenvalue weighted by atomic mass is 79.9. The Bertz CT molecular complexity index is 933. The molecule has 2 aliphatic heterocycles. The van der Waals surface area contributed by atoms with Crippen molar-refractivity contribution in [3.05, 3.63) is 40.9 Å². The lowest BCUT2D eigenvalue weighted by molar-refractivity contribution is -0.122. The molecule has 8 heteroatoms. The van der Waals surface area contributed by atoms with Gasteiger partial charge in [-0.3, -0.25) is 9.59 Å². The zero-order chi connectivity index (χ0) is 19.7. The summed E-state index contributed by atoms with van der Waals surface area (Å²) in [6.45, 7) is 1.29.